The van der Waals surface area contributed by atoms with Crippen LogP contribution in [0.3, 0.4) is 0 Å². The van der Waals surface area contributed by atoms with Crippen LogP contribution in [-0.2, 0) is 4.79 Å². The lowest BCUT2D eigenvalue weighted by Gasteiger charge is -2.34. The predicted molar refractivity (Wildman–Crippen MR) is 130 cm³/mol. The molecule has 0 atom stereocenters. The molecule has 2 aromatic carbocycles. The Bertz CT molecular complexity index is 807. The van der Waals surface area contributed by atoms with E-state index in [0.717, 1.165) is 44.2 Å². The Morgan fingerprint density at radius 2 is 1.80 bits per heavy atom. The molecule has 8 heteroatoms. The zero-order valence-corrected chi connectivity index (χ0v) is 19.4. The summed E-state index contributed by atoms with van der Waals surface area (Å²) in [5.74, 6) is 1.60. The molecule has 0 saturated carbocycles. The van der Waals surface area contributed by atoms with Gasteiger partial charge in [-0.15, -0.1) is 24.0 Å². The normalized spacial score (nSPS) is 14.6. The maximum atomic E-state index is 12.2. The fraction of sp³-hybridized carbons (Fsp3) is 0.364. The summed E-state index contributed by atoms with van der Waals surface area (Å²) in [6.45, 7) is 4.42. The lowest BCUT2D eigenvalue weighted by Crippen LogP contribution is -2.47. The highest BCUT2D eigenvalue weighted by atomic mass is 127. The monoisotopic (exact) mass is 524 g/mol. The minimum atomic E-state index is -0.201. The number of halogens is 1. The molecule has 0 aliphatic carbocycles. The van der Waals surface area contributed by atoms with Crippen LogP contribution in [0.2, 0.25) is 0 Å². The number of phenolic OH excluding ortho intramolecular Hbond substituents is 1. The van der Waals surface area contributed by atoms with Crippen LogP contribution in [-0.4, -0.2) is 54.2 Å². The number of ether oxygens (including phenoxy) is 1. The molecule has 1 fully saturated rings. The van der Waals surface area contributed by atoms with Gasteiger partial charge in [-0.05, 0) is 43.3 Å². The lowest BCUT2D eigenvalue weighted by molar-refractivity contribution is -0.114. The van der Waals surface area contributed by atoms with Gasteiger partial charge in [-0.1, -0.05) is 18.2 Å². The summed E-state index contributed by atoms with van der Waals surface area (Å²) in [6, 6.07) is 16.3. The van der Waals surface area contributed by atoms with E-state index in [0.29, 0.717) is 5.69 Å². The number of likely N-dealkylation sites (tertiary alicyclic amines) is 1. The van der Waals surface area contributed by atoms with Crippen molar-refractivity contribution >= 4 is 41.5 Å². The Morgan fingerprint density at radius 1 is 1.13 bits per heavy atom. The SMILES string of the molecule is CCNC(=NCC(=O)Nc1ccc(O)cc1)N1CCC(Oc2ccccc2)CC1.I. The van der Waals surface area contributed by atoms with E-state index in [-0.39, 0.29) is 48.3 Å². The molecular formula is C22H29IN4O3. The van der Waals surface area contributed by atoms with Crippen molar-refractivity contribution in [3.05, 3.63) is 54.6 Å². The number of phenols is 1. The zero-order chi connectivity index (χ0) is 20.5. The molecule has 2 aromatic rings. The summed E-state index contributed by atoms with van der Waals surface area (Å²) in [7, 11) is 0. The van der Waals surface area contributed by atoms with Gasteiger partial charge in [0.1, 0.15) is 24.1 Å². The van der Waals surface area contributed by atoms with Gasteiger partial charge in [-0.2, -0.15) is 0 Å². The molecule has 1 heterocycles. The number of nitrogens with one attached hydrogen (secondary N) is 2. The number of anilines is 1. The van der Waals surface area contributed by atoms with Crippen LogP contribution in [0, 0.1) is 0 Å². The molecule has 0 unspecified atom stereocenters. The quantitative estimate of drug-likeness (QED) is 0.233. The van der Waals surface area contributed by atoms with E-state index in [1.54, 1.807) is 12.1 Å². The Hall–Kier alpha value is -2.49. The van der Waals surface area contributed by atoms with Crippen molar-refractivity contribution < 1.29 is 14.6 Å². The Labute approximate surface area is 194 Å². The Morgan fingerprint density at radius 3 is 2.43 bits per heavy atom. The molecule has 3 N–H and O–H groups in total. The maximum absolute atomic E-state index is 12.2. The van der Waals surface area contributed by atoms with Crippen LogP contribution in [0.1, 0.15) is 19.8 Å². The van der Waals surface area contributed by atoms with Crippen molar-refractivity contribution in [2.45, 2.75) is 25.9 Å². The average Bonchev–Trinajstić information content (AvgIpc) is 2.74. The van der Waals surface area contributed by atoms with Gasteiger partial charge in [0.2, 0.25) is 5.91 Å². The highest BCUT2D eigenvalue weighted by molar-refractivity contribution is 14.0. The first-order valence-electron chi connectivity index (χ1n) is 9.98. The second kappa shape index (κ2) is 12.3. The highest BCUT2D eigenvalue weighted by Crippen LogP contribution is 2.19. The maximum Gasteiger partial charge on any atom is 0.246 e. The van der Waals surface area contributed by atoms with Crippen molar-refractivity contribution in [2.75, 3.05) is 31.5 Å². The summed E-state index contributed by atoms with van der Waals surface area (Å²) in [5.41, 5.74) is 0.631. The van der Waals surface area contributed by atoms with Gasteiger partial charge < -0.3 is 25.4 Å². The van der Waals surface area contributed by atoms with Crippen molar-refractivity contribution in [3.63, 3.8) is 0 Å². The van der Waals surface area contributed by atoms with Gasteiger partial charge in [0.15, 0.2) is 5.96 Å². The fourth-order valence-electron chi connectivity index (χ4n) is 3.19. The number of carbonyl (C=O) groups excluding carboxylic acids is 1. The first-order chi connectivity index (χ1) is 14.1. The molecule has 1 aliphatic heterocycles. The average molecular weight is 524 g/mol. The van der Waals surface area contributed by atoms with Gasteiger partial charge in [0.05, 0.1) is 0 Å². The van der Waals surface area contributed by atoms with Crippen LogP contribution >= 0.6 is 24.0 Å². The van der Waals surface area contributed by atoms with E-state index in [4.69, 9.17) is 4.74 Å². The Balaban J connectivity index is 0.00000320. The van der Waals surface area contributed by atoms with E-state index in [9.17, 15) is 9.90 Å². The second-order valence-electron chi connectivity index (χ2n) is 6.88. The predicted octanol–water partition coefficient (Wildman–Crippen LogP) is 3.46. The number of hydrogen-bond donors (Lipinski definition) is 3. The van der Waals surface area contributed by atoms with Crippen LogP contribution in [0.25, 0.3) is 0 Å². The first-order valence-corrected chi connectivity index (χ1v) is 9.98. The smallest absolute Gasteiger partial charge is 0.246 e. The molecule has 0 spiro atoms. The molecule has 0 aromatic heterocycles. The zero-order valence-electron chi connectivity index (χ0n) is 17.1. The number of piperidine rings is 1. The highest BCUT2D eigenvalue weighted by Gasteiger charge is 2.22. The van der Waals surface area contributed by atoms with E-state index in [1.807, 2.05) is 37.3 Å². The third kappa shape index (κ3) is 7.40. The van der Waals surface area contributed by atoms with E-state index in [2.05, 4.69) is 20.5 Å². The molecule has 1 amide bonds. The van der Waals surface area contributed by atoms with E-state index >= 15 is 0 Å². The number of nitrogens with zero attached hydrogens (tertiary/aromatic N) is 2. The minimum absolute atomic E-state index is 0. The largest absolute Gasteiger partial charge is 0.508 e. The van der Waals surface area contributed by atoms with Gasteiger partial charge in [-0.3, -0.25) is 4.79 Å². The van der Waals surface area contributed by atoms with Crippen molar-refractivity contribution in [3.8, 4) is 11.5 Å². The Kier molecular flexibility index (Phi) is 9.72. The summed E-state index contributed by atoms with van der Waals surface area (Å²) < 4.78 is 6.05. The molecular weight excluding hydrogens is 495 g/mol. The summed E-state index contributed by atoms with van der Waals surface area (Å²) >= 11 is 0. The first kappa shape index (κ1) is 23.8. The number of carbonyl (C=O) groups is 1. The number of benzene rings is 2. The lowest BCUT2D eigenvalue weighted by atomic mass is 10.1. The number of aliphatic imine (C=N–C) groups is 1. The number of guanidine groups is 1. The molecule has 3 rings (SSSR count). The topological polar surface area (TPSA) is 86.2 Å². The van der Waals surface area contributed by atoms with Crippen molar-refractivity contribution in [1.82, 2.24) is 10.2 Å². The molecule has 162 valence electrons. The van der Waals surface area contributed by atoms with Gasteiger partial charge in [-0.25, -0.2) is 4.99 Å². The second-order valence-corrected chi connectivity index (χ2v) is 6.88. The number of amides is 1. The van der Waals surface area contributed by atoms with E-state index < -0.39 is 0 Å². The third-order valence-corrected chi connectivity index (χ3v) is 4.65. The van der Waals surface area contributed by atoms with Gasteiger partial charge in [0, 0.05) is 38.2 Å². The van der Waals surface area contributed by atoms with Crippen molar-refractivity contribution in [2.24, 2.45) is 4.99 Å². The van der Waals surface area contributed by atoms with Gasteiger partial charge >= 0.3 is 0 Å². The number of hydrogen-bond acceptors (Lipinski definition) is 4. The molecule has 30 heavy (non-hydrogen) atoms. The summed E-state index contributed by atoms with van der Waals surface area (Å²) in [4.78, 5) is 18.9. The standard InChI is InChI=1S/C22H28N4O3.HI/c1-2-23-22(24-16-21(28)25-17-8-10-18(27)11-9-17)26-14-12-20(13-15-26)29-19-6-4-3-5-7-19;/h3-11,20,27H,2,12-16H2,1H3,(H,23,24)(H,25,28);1H. The van der Waals surface area contributed by atoms with E-state index in [1.165, 1.54) is 12.1 Å². The number of aromatic hydroxyl groups is 1. The van der Waals surface area contributed by atoms with Gasteiger partial charge in [0.25, 0.3) is 0 Å². The summed E-state index contributed by atoms with van der Waals surface area (Å²) in [6.07, 6.45) is 1.99. The minimum Gasteiger partial charge on any atom is -0.508 e. The molecule has 1 aliphatic rings. The van der Waals surface area contributed by atoms with Crippen LogP contribution in [0.15, 0.2) is 59.6 Å². The van der Waals surface area contributed by atoms with Crippen molar-refractivity contribution in [1.29, 1.82) is 0 Å². The third-order valence-electron chi connectivity index (χ3n) is 4.65. The molecule has 0 radical (unpaired) electrons. The molecule has 1 saturated heterocycles. The molecule has 7 nitrogen and oxygen atoms in total. The number of para-hydroxylation sites is 1. The summed E-state index contributed by atoms with van der Waals surface area (Å²) in [5, 5.41) is 15.4. The van der Waals surface area contributed by atoms with Crippen LogP contribution < -0.4 is 15.4 Å². The van der Waals surface area contributed by atoms with Crippen LogP contribution in [0.5, 0.6) is 11.5 Å². The molecule has 0 bridgehead atoms. The number of rotatable bonds is 6. The van der Waals surface area contributed by atoms with Crippen LogP contribution in [0.4, 0.5) is 5.69 Å². The fourth-order valence-corrected chi connectivity index (χ4v) is 3.19.